The first-order chi connectivity index (χ1) is 9.52. The Morgan fingerprint density at radius 2 is 2.10 bits per heavy atom. The van der Waals surface area contributed by atoms with Gasteiger partial charge in [0, 0.05) is 17.7 Å². The van der Waals surface area contributed by atoms with Crippen molar-refractivity contribution in [1.29, 1.82) is 0 Å². The van der Waals surface area contributed by atoms with Crippen LogP contribution in [0.2, 0.25) is 0 Å². The fourth-order valence-corrected chi connectivity index (χ4v) is 1.81. The summed E-state index contributed by atoms with van der Waals surface area (Å²) in [5, 5.41) is 5.13. The maximum atomic E-state index is 14.0. The molecule has 20 heavy (non-hydrogen) atoms. The Hall–Kier alpha value is -2.02. The van der Waals surface area contributed by atoms with E-state index in [0.29, 0.717) is 5.82 Å². The average molecular weight is 339 g/mol. The zero-order chi connectivity index (χ0) is 14.7. The summed E-state index contributed by atoms with van der Waals surface area (Å²) in [5.74, 6) is -0.882. The predicted molar refractivity (Wildman–Crippen MR) is 78.4 cm³/mol. The van der Waals surface area contributed by atoms with Crippen molar-refractivity contribution in [2.24, 2.45) is 0 Å². The number of pyridine rings is 2. The summed E-state index contributed by atoms with van der Waals surface area (Å²) in [6.07, 6.45) is 1.37. The van der Waals surface area contributed by atoms with E-state index in [1.807, 2.05) is 0 Å². The molecule has 5 nitrogen and oxygen atoms in total. The molecule has 104 valence electrons. The zero-order valence-corrected chi connectivity index (χ0v) is 12.5. The van der Waals surface area contributed by atoms with Gasteiger partial charge in [0.05, 0.1) is 11.3 Å². The van der Waals surface area contributed by atoms with Gasteiger partial charge < -0.3 is 10.6 Å². The molecule has 2 N–H and O–H groups in total. The highest BCUT2D eigenvalue weighted by atomic mass is 79.9. The normalized spacial score (nSPS) is 10.2. The molecule has 2 aromatic rings. The summed E-state index contributed by atoms with van der Waals surface area (Å²) in [4.78, 5) is 20.0. The van der Waals surface area contributed by atoms with Gasteiger partial charge in [-0.3, -0.25) is 4.79 Å². The summed E-state index contributed by atoms with van der Waals surface area (Å²) in [7, 11) is 1.53. The van der Waals surface area contributed by atoms with Crippen molar-refractivity contribution >= 4 is 33.5 Å². The van der Waals surface area contributed by atoms with E-state index >= 15 is 0 Å². The van der Waals surface area contributed by atoms with Crippen molar-refractivity contribution in [2.45, 2.75) is 6.92 Å². The van der Waals surface area contributed by atoms with Crippen LogP contribution >= 0.6 is 15.9 Å². The molecule has 0 spiro atoms. The second-order valence-electron chi connectivity index (χ2n) is 3.99. The average Bonchev–Trinajstić information content (AvgIpc) is 2.43. The van der Waals surface area contributed by atoms with Gasteiger partial charge >= 0.3 is 0 Å². The number of aryl methyl sites for hydroxylation is 1. The van der Waals surface area contributed by atoms with Gasteiger partial charge in [0.15, 0.2) is 11.6 Å². The first-order valence-electron chi connectivity index (χ1n) is 5.79. The van der Waals surface area contributed by atoms with Gasteiger partial charge in [-0.2, -0.15) is 0 Å². The highest BCUT2D eigenvalue weighted by Crippen LogP contribution is 2.18. The van der Waals surface area contributed by atoms with Crippen molar-refractivity contribution < 1.29 is 9.18 Å². The molecule has 0 atom stereocenters. The summed E-state index contributed by atoms with van der Waals surface area (Å²) in [5.41, 5.74) is 0.639. The molecule has 0 saturated carbocycles. The van der Waals surface area contributed by atoms with Crippen molar-refractivity contribution in [1.82, 2.24) is 9.97 Å². The van der Waals surface area contributed by atoms with Crippen LogP contribution < -0.4 is 10.6 Å². The van der Waals surface area contributed by atoms with Crippen molar-refractivity contribution in [3.05, 3.63) is 45.9 Å². The van der Waals surface area contributed by atoms with E-state index in [2.05, 4.69) is 36.5 Å². The molecular weight excluding hydrogens is 327 g/mol. The Morgan fingerprint density at radius 1 is 1.35 bits per heavy atom. The Labute approximate surface area is 123 Å². The van der Waals surface area contributed by atoms with Crippen LogP contribution in [-0.4, -0.2) is 22.9 Å². The molecule has 0 saturated heterocycles. The van der Waals surface area contributed by atoms with E-state index in [0.717, 1.165) is 10.2 Å². The third-order valence-corrected chi connectivity index (χ3v) is 3.47. The minimum Gasteiger partial charge on any atom is -0.371 e. The fourth-order valence-electron chi connectivity index (χ4n) is 1.59. The number of rotatable bonds is 3. The number of nitrogens with one attached hydrogen (secondary N) is 2. The molecule has 0 aliphatic heterocycles. The van der Waals surface area contributed by atoms with Gasteiger partial charge in [-0.1, -0.05) is 0 Å². The lowest BCUT2D eigenvalue weighted by molar-refractivity contribution is 0.102. The standard InChI is InChI=1S/C13H12BrFN4O/c1-7-9(14)3-4-10(18-7)19-13(20)8-5-6-17-12(16-2)11(8)15/h3-6H,1-2H3,(H,16,17)(H,18,19,20). The summed E-state index contributed by atoms with van der Waals surface area (Å²) < 4.78 is 14.8. The van der Waals surface area contributed by atoms with Crippen LogP contribution in [0.25, 0.3) is 0 Å². The monoisotopic (exact) mass is 338 g/mol. The van der Waals surface area contributed by atoms with Gasteiger partial charge in [0.1, 0.15) is 5.82 Å². The highest BCUT2D eigenvalue weighted by Gasteiger charge is 2.16. The largest absolute Gasteiger partial charge is 0.371 e. The molecule has 0 bridgehead atoms. The van der Waals surface area contributed by atoms with Crippen LogP contribution in [-0.2, 0) is 0 Å². The first-order valence-corrected chi connectivity index (χ1v) is 6.59. The van der Waals surface area contributed by atoms with Crippen LogP contribution in [0.15, 0.2) is 28.9 Å². The third-order valence-electron chi connectivity index (χ3n) is 2.63. The number of amides is 1. The van der Waals surface area contributed by atoms with Crippen LogP contribution in [0.4, 0.5) is 16.0 Å². The van der Waals surface area contributed by atoms with E-state index in [1.165, 1.54) is 19.3 Å². The molecule has 0 fully saturated rings. The van der Waals surface area contributed by atoms with Gasteiger partial charge in [-0.15, -0.1) is 0 Å². The Kier molecular flexibility index (Phi) is 4.29. The summed E-state index contributed by atoms with van der Waals surface area (Å²) in [6, 6.07) is 4.71. The number of nitrogens with zero attached hydrogens (tertiary/aromatic N) is 2. The second-order valence-corrected chi connectivity index (χ2v) is 4.84. The fraction of sp³-hybridized carbons (Fsp3) is 0.154. The van der Waals surface area contributed by atoms with Gasteiger partial charge in [0.2, 0.25) is 0 Å². The van der Waals surface area contributed by atoms with Gasteiger partial charge in [-0.05, 0) is 41.1 Å². The lowest BCUT2D eigenvalue weighted by Gasteiger charge is -2.08. The lowest BCUT2D eigenvalue weighted by Crippen LogP contribution is -2.16. The van der Waals surface area contributed by atoms with Gasteiger partial charge in [-0.25, -0.2) is 14.4 Å². The molecule has 0 aliphatic carbocycles. The molecular formula is C13H12BrFN4O. The van der Waals surface area contributed by atoms with Crippen LogP contribution in [0.1, 0.15) is 16.1 Å². The lowest BCUT2D eigenvalue weighted by atomic mass is 10.2. The Bertz CT molecular complexity index is 663. The number of anilines is 2. The van der Waals surface area contributed by atoms with Crippen molar-refractivity contribution in [3.8, 4) is 0 Å². The van der Waals surface area contributed by atoms with E-state index < -0.39 is 11.7 Å². The van der Waals surface area contributed by atoms with Crippen molar-refractivity contribution in [3.63, 3.8) is 0 Å². The molecule has 0 unspecified atom stereocenters. The number of halogens is 2. The Morgan fingerprint density at radius 3 is 2.75 bits per heavy atom. The SMILES string of the molecule is CNc1nccc(C(=O)Nc2ccc(Br)c(C)n2)c1F. The minimum absolute atomic E-state index is 0.0256. The topological polar surface area (TPSA) is 66.9 Å². The molecule has 1 amide bonds. The second kappa shape index (κ2) is 5.96. The minimum atomic E-state index is -0.693. The smallest absolute Gasteiger partial charge is 0.259 e. The number of aromatic nitrogens is 2. The van der Waals surface area contributed by atoms with E-state index in [-0.39, 0.29) is 11.4 Å². The quantitative estimate of drug-likeness (QED) is 0.902. The van der Waals surface area contributed by atoms with E-state index in [4.69, 9.17) is 0 Å². The zero-order valence-electron chi connectivity index (χ0n) is 10.9. The van der Waals surface area contributed by atoms with Crippen LogP contribution in [0.3, 0.4) is 0 Å². The number of hydrogen-bond donors (Lipinski definition) is 2. The summed E-state index contributed by atoms with van der Waals surface area (Å²) in [6.45, 7) is 1.80. The molecule has 2 rings (SSSR count). The maximum absolute atomic E-state index is 14.0. The third kappa shape index (κ3) is 2.93. The van der Waals surface area contributed by atoms with E-state index in [1.54, 1.807) is 19.1 Å². The molecule has 0 aromatic carbocycles. The van der Waals surface area contributed by atoms with Gasteiger partial charge in [0.25, 0.3) is 5.91 Å². The molecule has 2 heterocycles. The molecule has 2 aromatic heterocycles. The number of hydrogen-bond acceptors (Lipinski definition) is 4. The highest BCUT2D eigenvalue weighted by molar-refractivity contribution is 9.10. The van der Waals surface area contributed by atoms with Crippen LogP contribution in [0.5, 0.6) is 0 Å². The molecule has 0 radical (unpaired) electrons. The number of carbonyl (C=O) groups excluding carboxylic acids is 1. The van der Waals surface area contributed by atoms with Crippen LogP contribution in [0, 0.1) is 12.7 Å². The molecule has 7 heteroatoms. The number of carbonyl (C=O) groups is 1. The Balaban J connectivity index is 2.26. The van der Waals surface area contributed by atoms with Crippen molar-refractivity contribution in [2.75, 3.05) is 17.7 Å². The molecule has 0 aliphatic rings. The maximum Gasteiger partial charge on any atom is 0.259 e. The first kappa shape index (κ1) is 14.4. The van der Waals surface area contributed by atoms with E-state index in [9.17, 15) is 9.18 Å². The predicted octanol–water partition coefficient (Wildman–Crippen LogP) is 2.98. The summed E-state index contributed by atoms with van der Waals surface area (Å²) >= 11 is 3.32.